The van der Waals surface area contributed by atoms with Gasteiger partial charge in [0.15, 0.2) is 0 Å². The summed E-state index contributed by atoms with van der Waals surface area (Å²) in [5, 5.41) is 1.57. The Kier molecular flexibility index (Phi) is 1.48. The molecule has 0 aromatic carbocycles. The largest absolute Gasteiger partial charge is 0.231 e. The van der Waals surface area contributed by atoms with Crippen molar-refractivity contribution in [3.05, 3.63) is 0 Å². The van der Waals surface area contributed by atoms with Crippen LogP contribution in [0.5, 0.6) is 0 Å². The van der Waals surface area contributed by atoms with Gasteiger partial charge in [-0.1, -0.05) is 0 Å². The van der Waals surface area contributed by atoms with Gasteiger partial charge in [0, 0.05) is 5.08 Å². The lowest BCUT2D eigenvalue weighted by atomic mass is 11.9. The summed E-state index contributed by atoms with van der Waals surface area (Å²) in [5.41, 5.74) is 0. The Labute approximate surface area is 41.3 Å². The van der Waals surface area contributed by atoms with Gasteiger partial charge < -0.3 is 0 Å². The van der Waals surface area contributed by atoms with E-state index in [-0.39, 0.29) is 0 Å². The minimum atomic E-state index is 0.638. The Bertz CT molecular complexity index is 34.6. The van der Waals surface area contributed by atoms with Crippen LogP contribution in [-0.2, 0) is 0 Å². The lowest BCUT2D eigenvalue weighted by Gasteiger charge is -2.25. The Hall–Kier alpha value is 1.13. The summed E-state index contributed by atoms with van der Waals surface area (Å²) >= 11 is 2.74. The van der Waals surface area contributed by atoms with Crippen LogP contribution < -0.4 is 0 Å². The van der Waals surface area contributed by atoms with E-state index in [0.29, 0.717) is 6.33 Å². The molecule has 0 aromatic heterocycles. The van der Waals surface area contributed by atoms with Gasteiger partial charge in [0.2, 0.25) is 0 Å². The van der Waals surface area contributed by atoms with Crippen molar-refractivity contribution in [2.24, 2.45) is 0 Å². The third kappa shape index (κ3) is 0.989. The van der Waals surface area contributed by atoms with E-state index in [1.807, 2.05) is 0 Å². The average Bonchev–Trinajstić information content (AvgIpc) is 1.30. The van der Waals surface area contributed by atoms with Crippen LogP contribution in [0.2, 0.25) is 0 Å². The molecule has 1 saturated heterocycles. The van der Waals surface area contributed by atoms with E-state index >= 15 is 0 Å². The van der Waals surface area contributed by atoms with Crippen LogP contribution in [-0.4, -0.2) is 11.7 Å². The van der Waals surface area contributed by atoms with Crippen molar-refractivity contribution in [2.45, 2.75) is 0 Å². The van der Waals surface area contributed by atoms with E-state index < -0.39 is 0 Å². The molecule has 1 rings (SSSR count). The van der Waals surface area contributed by atoms with Gasteiger partial charge in [-0.05, 0) is 13.0 Å². The van der Waals surface area contributed by atoms with Crippen LogP contribution in [0.15, 0.2) is 0 Å². The SMILES string of the molecule is CP1[SH2]C[SH2]1. The molecule has 1 fully saturated rings. The molecule has 1 heterocycles. The van der Waals surface area contributed by atoms with Crippen molar-refractivity contribution in [3.8, 4) is 0 Å². The van der Waals surface area contributed by atoms with Gasteiger partial charge in [0.25, 0.3) is 0 Å². The molecule has 3 heteroatoms. The van der Waals surface area contributed by atoms with Gasteiger partial charge in [-0.2, -0.15) is 0 Å². The average molecular weight is 128 g/mol. The van der Waals surface area contributed by atoms with Gasteiger partial charge in [0.05, 0.1) is 0 Å². The van der Waals surface area contributed by atoms with E-state index in [1.54, 1.807) is 5.08 Å². The molecule has 0 aromatic rings. The predicted octanol–water partition coefficient (Wildman–Crippen LogP) is 1.29. The third-order valence-corrected chi connectivity index (χ3v) is 11.4. The second-order valence-corrected chi connectivity index (χ2v) is 11.5. The van der Waals surface area contributed by atoms with Crippen LogP contribution >= 0.6 is 29.1 Å². The molecule has 34 valence electrons. The summed E-state index contributed by atoms with van der Waals surface area (Å²) in [5.74, 6) is 0. The first-order valence-electron chi connectivity index (χ1n) is 1.60. The van der Waals surface area contributed by atoms with Gasteiger partial charge in [-0.15, -0.1) is 0 Å². The Morgan fingerprint density at radius 3 is 2.00 bits per heavy atom. The Morgan fingerprint density at radius 1 is 1.60 bits per heavy atom. The van der Waals surface area contributed by atoms with Gasteiger partial charge in [0.1, 0.15) is 0 Å². The molecule has 0 radical (unpaired) electrons. The van der Waals surface area contributed by atoms with Crippen LogP contribution in [0.25, 0.3) is 0 Å². The van der Waals surface area contributed by atoms with Crippen molar-refractivity contribution in [1.82, 2.24) is 0 Å². The monoisotopic (exact) mass is 128 g/mol. The molecule has 1 aliphatic heterocycles. The fourth-order valence-corrected chi connectivity index (χ4v) is 6.40. The summed E-state index contributed by atoms with van der Waals surface area (Å²) in [6.07, 6.45) is 0.638. The minimum absolute atomic E-state index is 0.638. The highest BCUT2D eigenvalue weighted by molar-refractivity contribution is 8.97. The Morgan fingerprint density at radius 2 is 2.00 bits per heavy atom. The maximum absolute atomic E-state index is 2.40. The zero-order valence-corrected chi connectivity index (χ0v) is 6.05. The van der Waals surface area contributed by atoms with E-state index in [2.05, 4.69) is 6.66 Å². The van der Waals surface area contributed by atoms with E-state index in [9.17, 15) is 0 Å². The normalized spacial score (nSPS) is 52.6. The van der Waals surface area contributed by atoms with Crippen molar-refractivity contribution < 1.29 is 0 Å². The first-order valence-corrected chi connectivity index (χ1v) is 7.49. The van der Waals surface area contributed by atoms with Gasteiger partial charge in [-0.25, -0.2) is 22.8 Å². The van der Waals surface area contributed by atoms with E-state index in [0.717, 1.165) is 0 Å². The molecule has 5 heavy (non-hydrogen) atoms. The highest BCUT2D eigenvalue weighted by atomic mass is 33.1. The van der Waals surface area contributed by atoms with Gasteiger partial charge >= 0.3 is 0 Å². The first kappa shape index (κ1) is 4.29. The topological polar surface area (TPSA) is 0 Å². The van der Waals surface area contributed by atoms with Crippen LogP contribution in [0.1, 0.15) is 0 Å². The minimum Gasteiger partial charge on any atom is -0.231 e. The van der Waals surface area contributed by atoms with Crippen LogP contribution in [0.4, 0.5) is 0 Å². The Balaban J connectivity index is 2.08. The highest BCUT2D eigenvalue weighted by Crippen LogP contribution is 2.69. The second-order valence-electron chi connectivity index (χ2n) is 1.05. The fourth-order valence-electron chi connectivity index (χ4n) is 0.237. The molecule has 0 bridgehead atoms. The maximum Gasteiger partial charge on any atom is 0.00574 e. The lowest BCUT2D eigenvalue weighted by Crippen LogP contribution is -1.72. The second kappa shape index (κ2) is 1.72. The summed E-state index contributed by atoms with van der Waals surface area (Å²) in [7, 11) is 0. The molecular formula is C2H9PS2. The van der Waals surface area contributed by atoms with Crippen LogP contribution in [0, 0.1) is 0 Å². The van der Waals surface area contributed by atoms with Crippen molar-refractivity contribution >= 4 is 29.1 Å². The molecule has 0 spiro atoms. The zero-order valence-electron chi connectivity index (χ0n) is 3.15. The van der Waals surface area contributed by atoms with E-state index in [1.165, 1.54) is 22.8 Å². The molecular weight excluding hydrogens is 119 g/mol. The standard InChI is InChI=1S/C2H9PS2/c1-3-4-2-5-3/h2,4-5H2,1H3. The summed E-state index contributed by atoms with van der Waals surface area (Å²) in [6, 6.07) is 0. The third-order valence-electron chi connectivity index (χ3n) is 0.632. The molecule has 1 aliphatic rings. The molecule has 0 atom stereocenters. The summed E-state index contributed by atoms with van der Waals surface area (Å²) < 4.78 is 0. The number of hydrogen-bond donors (Lipinski definition) is 0. The number of hydrogen-bond acceptors (Lipinski definition) is 0. The lowest BCUT2D eigenvalue weighted by molar-refractivity contribution is 2.30. The maximum atomic E-state index is 2.40. The van der Waals surface area contributed by atoms with Crippen molar-refractivity contribution in [1.29, 1.82) is 0 Å². The van der Waals surface area contributed by atoms with Crippen LogP contribution in [0.3, 0.4) is 0 Å². The first-order chi connectivity index (χ1) is 2.39. The molecule has 0 N–H and O–H groups in total. The van der Waals surface area contributed by atoms with Gasteiger partial charge in [-0.3, -0.25) is 0 Å². The highest BCUT2D eigenvalue weighted by Gasteiger charge is 2.03. The molecule has 0 aliphatic carbocycles. The zero-order chi connectivity index (χ0) is 3.70. The smallest absolute Gasteiger partial charge is 0.00574 e. The van der Waals surface area contributed by atoms with Crippen molar-refractivity contribution in [3.63, 3.8) is 0 Å². The summed E-state index contributed by atoms with van der Waals surface area (Å²) in [4.78, 5) is 0. The summed E-state index contributed by atoms with van der Waals surface area (Å²) in [6.45, 7) is 2.40. The molecule has 0 unspecified atom stereocenters. The fraction of sp³-hybridized carbons (Fsp3) is 1.00. The van der Waals surface area contributed by atoms with E-state index in [4.69, 9.17) is 0 Å². The number of rotatable bonds is 0. The quantitative estimate of drug-likeness (QED) is 0.431. The van der Waals surface area contributed by atoms with Crippen molar-refractivity contribution in [2.75, 3.05) is 11.7 Å². The molecule has 0 saturated carbocycles. The predicted molar refractivity (Wildman–Crippen MR) is 38.5 cm³/mol. The molecule has 0 amide bonds. The molecule has 0 nitrogen and oxygen atoms in total.